The lowest BCUT2D eigenvalue weighted by Crippen LogP contribution is -2.29. The van der Waals surface area contributed by atoms with Crippen LogP contribution in [0.2, 0.25) is 10.0 Å². The zero-order chi connectivity index (χ0) is 21.3. The highest BCUT2D eigenvalue weighted by Crippen LogP contribution is 2.32. The van der Waals surface area contributed by atoms with Crippen molar-refractivity contribution in [2.75, 3.05) is 0 Å². The SMILES string of the molecule is CC(NC(=O)c1cc(Cl)cc(C(F)(F)F)c1)c1nc(Br)nn1-c1ccc(Cl)cn1. The monoisotopic (exact) mass is 507 g/mol. The minimum atomic E-state index is -4.63. The molecule has 0 bridgehead atoms. The van der Waals surface area contributed by atoms with E-state index in [-0.39, 0.29) is 15.3 Å². The Balaban J connectivity index is 1.88. The van der Waals surface area contributed by atoms with Gasteiger partial charge in [-0.2, -0.15) is 17.9 Å². The van der Waals surface area contributed by atoms with Crippen molar-refractivity contribution in [3.8, 4) is 5.82 Å². The van der Waals surface area contributed by atoms with Crippen LogP contribution in [-0.4, -0.2) is 25.7 Å². The summed E-state index contributed by atoms with van der Waals surface area (Å²) in [5.74, 6) is -0.0517. The Kier molecular flexibility index (Phi) is 6.16. The molecule has 152 valence electrons. The molecule has 1 aromatic carbocycles. The van der Waals surface area contributed by atoms with Gasteiger partial charge in [0.2, 0.25) is 4.73 Å². The van der Waals surface area contributed by atoms with E-state index >= 15 is 0 Å². The second-order valence-corrected chi connectivity index (χ2v) is 7.49. The zero-order valence-corrected chi connectivity index (χ0v) is 17.6. The quantitative estimate of drug-likeness (QED) is 0.523. The molecular weight excluding hydrogens is 498 g/mol. The summed E-state index contributed by atoms with van der Waals surface area (Å²) in [5.41, 5.74) is -1.24. The largest absolute Gasteiger partial charge is 0.416 e. The first-order valence-corrected chi connectivity index (χ1v) is 9.52. The molecule has 0 aliphatic rings. The summed E-state index contributed by atoms with van der Waals surface area (Å²) in [5, 5.41) is 6.99. The Morgan fingerprint density at radius 1 is 1.21 bits per heavy atom. The lowest BCUT2D eigenvalue weighted by molar-refractivity contribution is -0.137. The Morgan fingerprint density at radius 2 is 1.93 bits per heavy atom. The first-order valence-electron chi connectivity index (χ1n) is 7.97. The molecule has 2 aromatic heterocycles. The van der Waals surface area contributed by atoms with E-state index in [1.165, 1.54) is 10.9 Å². The van der Waals surface area contributed by atoms with Gasteiger partial charge in [0.15, 0.2) is 11.6 Å². The second-order valence-electron chi connectivity index (χ2n) is 5.91. The van der Waals surface area contributed by atoms with E-state index in [2.05, 4.69) is 36.3 Å². The van der Waals surface area contributed by atoms with E-state index in [0.29, 0.717) is 16.7 Å². The normalized spacial score (nSPS) is 12.7. The van der Waals surface area contributed by atoms with Crippen molar-refractivity contribution < 1.29 is 18.0 Å². The van der Waals surface area contributed by atoms with Crippen LogP contribution in [0.5, 0.6) is 0 Å². The van der Waals surface area contributed by atoms with Gasteiger partial charge < -0.3 is 5.32 Å². The average Bonchev–Trinajstić information content (AvgIpc) is 3.03. The summed E-state index contributed by atoms with van der Waals surface area (Å²) in [6.45, 7) is 1.61. The van der Waals surface area contributed by atoms with Crippen LogP contribution >= 0.6 is 39.1 Å². The molecular formula is C17H11BrCl2F3N5O. The van der Waals surface area contributed by atoms with E-state index in [0.717, 1.165) is 18.2 Å². The molecule has 0 fully saturated rings. The smallest absolute Gasteiger partial charge is 0.342 e. The Labute approximate surface area is 181 Å². The molecule has 0 aliphatic heterocycles. The number of rotatable bonds is 4. The van der Waals surface area contributed by atoms with Gasteiger partial charge in [-0.05, 0) is 53.2 Å². The number of halogens is 6. The summed E-state index contributed by atoms with van der Waals surface area (Å²) in [6, 6.07) is 5.13. The minimum absolute atomic E-state index is 0.200. The standard InChI is InChI=1S/C17H11BrCl2F3N5O/c1-8(14-26-16(18)27-28(14)13-3-2-11(19)7-24-13)25-15(29)9-4-10(17(21,22)23)6-12(20)5-9/h2-8H,1H3,(H,25,29). The lowest BCUT2D eigenvalue weighted by Gasteiger charge is -2.15. The van der Waals surface area contributed by atoms with Crippen molar-refractivity contribution in [2.24, 2.45) is 0 Å². The summed E-state index contributed by atoms with van der Waals surface area (Å²) >= 11 is 14.7. The minimum Gasteiger partial charge on any atom is -0.342 e. The Morgan fingerprint density at radius 3 is 2.55 bits per heavy atom. The summed E-state index contributed by atoms with van der Waals surface area (Å²) in [4.78, 5) is 20.9. The zero-order valence-electron chi connectivity index (χ0n) is 14.5. The second kappa shape index (κ2) is 8.29. The van der Waals surface area contributed by atoms with Gasteiger partial charge in [0.1, 0.15) is 0 Å². The van der Waals surface area contributed by atoms with Crippen LogP contribution in [0.25, 0.3) is 5.82 Å². The van der Waals surface area contributed by atoms with E-state index in [4.69, 9.17) is 23.2 Å². The van der Waals surface area contributed by atoms with Gasteiger partial charge in [-0.25, -0.2) is 9.97 Å². The van der Waals surface area contributed by atoms with Crippen LogP contribution < -0.4 is 5.32 Å². The number of pyridine rings is 1. The first kappa shape index (κ1) is 21.5. The molecule has 3 aromatic rings. The number of benzene rings is 1. The van der Waals surface area contributed by atoms with Gasteiger partial charge >= 0.3 is 6.18 Å². The molecule has 6 nitrogen and oxygen atoms in total. The highest BCUT2D eigenvalue weighted by Gasteiger charge is 2.32. The highest BCUT2D eigenvalue weighted by atomic mass is 79.9. The van der Waals surface area contributed by atoms with Gasteiger partial charge in [0, 0.05) is 16.8 Å². The summed E-state index contributed by atoms with van der Waals surface area (Å²) in [6.07, 6.45) is -3.21. The van der Waals surface area contributed by atoms with Crippen molar-refractivity contribution >= 4 is 45.0 Å². The van der Waals surface area contributed by atoms with E-state index in [9.17, 15) is 18.0 Å². The predicted molar refractivity (Wildman–Crippen MR) is 104 cm³/mol. The number of carbonyl (C=O) groups is 1. The molecule has 1 unspecified atom stereocenters. The van der Waals surface area contributed by atoms with Crippen molar-refractivity contribution in [1.29, 1.82) is 0 Å². The summed E-state index contributed by atoms with van der Waals surface area (Å²) in [7, 11) is 0. The van der Waals surface area contributed by atoms with Crippen molar-refractivity contribution in [1.82, 2.24) is 25.1 Å². The molecule has 29 heavy (non-hydrogen) atoms. The third-order valence-corrected chi connectivity index (χ3v) is 4.54. The van der Waals surface area contributed by atoms with Gasteiger partial charge in [-0.1, -0.05) is 23.2 Å². The van der Waals surface area contributed by atoms with Gasteiger partial charge in [0.25, 0.3) is 5.91 Å². The third kappa shape index (κ3) is 5.06. The molecule has 2 heterocycles. The molecule has 1 N–H and O–H groups in total. The van der Waals surface area contributed by atoms with Crippen LogP contribution in [0.3, 0.4) is 0 Å². The van der Waals surface area contributed by atoms with Crippen LogP contribution in [-0.2, 0) is 6.18 Å². The van der Waals surface area contributed by atoms with E-state index in [1.807, 2.05) is 0 Å². The fourth-order valence-corrected chi connectivity index (χ4v) is 3.16. The number of nitrogens with zero attached hydrogens (tertiary/aromatic N) is 4. The molecule has 0 aliphatic carbocycles. The molecule has 1 amide bonds. The molecule has 0 radical (unpaired) electrons. The van der Waals surface area contributed by atoms with E-state index in [1.54, 1.807) is 19.1 Å². The molecule has 0 saturated heterocycles. The van der Waals surface area contributed by atoms with Gasteiger partial charge in [-0.3, -0.25) is 4.79 Å². The number of carbonyl (C=O) groups excluding carboxylic acids is 1. The number of amides is 1. The van der Waals surface area contributed by atoms with Crippen molar-refractivity contribution in [3.05, 3.63) is 68.3 Å². The maximum Gasteiger partial charge on any atom is 0.416 e. The molecule has 1 atom stereocenters. The van der Waals surface area contributed by atoms with Crippen LogP contribution in [0.4, 0.5) is 13.2 Å². The Bertz CT molecular complexity index is 1060. The lowest BCUT2D eigenvalue weighted by atomic mass is 10.1. The molecule has 12 heteroatoms. The van der Waals surface area contributed by atoms with Gasteiger partial charge in [0.05, 0.1) is 16.6 Å². The van der Waals surface area contributed by atoms with Crippen LogP contribution in [0.15, 0.2) is 41.3 Å². The Hall–Kier alpha value is -2.17. The van der Waals surface area contributed by atoms with Crippen LogP contribution in [0, 0.1) is 0 Å². The van der Waals surface area contributed by atoms with Crippen LogP contribution in [0.1, 0.15) is 34.7 Å². The average molecular weight is 509 g/mol. The molecule has 0 spiro atoms. The number of hydrogen-bond donors (Lipinski definition) is 1. The fraction of sp³-hybridized carbons (Fsp3) is 0.176. The third-order valence-electron chi connectivity index (χ3n) is 3.76. The maximum absolute atomic E-state index is 13.0. The topological polar surface area (TPSA) is 72.7 Å². The number of hydrogen-bond acceptors (Lipinski definition) is 4. The number of nitrogens with one attached hydrogen (secondary N) is 1. The summed E-state index contributed by atoms with van der Waals surface area (Å²) < 4.78 is 40.6. The van der Waals surface area contributed by atoms with Crippen molar-refractivity contribution in [2.45, 2.75) is 19.1 Å². The maximum atomic E-state index is 13.0. The molecule has 3 rings (SSSR count). The number of alkyl halides is 3. The highest BCUT2D eigenvalue weighted by molar-refractivity contribution is 9.10. The van der Waals surface area contributed by atoms with E-state index < -0.39 is 23.7 Å². The van der Waals surface area contributed by atoms with Gasteiger partial charge in [-0.15, -0.1) is 5.10 Å². The molecule has 0 saturated carbocycles. The number of aromatic nitrogens is 4. The van der Waals surface area contributed by atoms with Crippen molar-refractivity contribution in [3.63, 3.8) is 0 Å². The first-order chi connectivity index (χ1) is 13.5. The fourth-order valence-electron chi connectivity index (χ4n) is 2.47. The predicted octanol–water partition coefficient (Wildman–Crippen LogP) is 5.24.